The van der Waals surface area contributed by atoms with E-state index < -0.39 is 68.4 Å². The molecule has 14 nitrogen and oxygen atoms in total. The highest BCUT2D eigenvalue weighted by molar-refractivity contribution is 7.89. The highest BCUT2D eigenvalue weighted by atomic mass is 32.2. The number of nitrogens with one attached hydrogen (secondary N) is 2. The van der Waals surface area contributed by atoms with Gasteiger partial charge < -0.3 is 9.26 Å². The number of rotatable bonds is 13. The smallest absolute Gasteiger partial charge is 0.323 e. The first-order valence-corrected chi connectivity index (χ1v) is 13.4. The lowest BCUT2D eigenvalue weighted by atomic mass is 10.3. The Morgan fingerprint density at radius 2 is 1.77 bits per heavy atom. The molecule has 1 unspecified atom stereocenters. The molecule has 0 spiro atoms. The van der Waals surface area contributed by atoms with Gasteiger partial charge in [-0.3, -0.25) is 29.6 Å². The van der Waals surface area contributed by atoms with Crippen molar-refractivity contribution in [3.8, 4) is 5.75 Å². The molecule has 0 saturated heterocycles. The zero-order chi connectivity index (χ0) is 26.2. The average molecular weight is 530 g/mol. The van der Waals surface area contributed by atoms with E-state index in [2.05, 4.69) is 9.81 Å². The largest absolute Gasteiger partial charge is 0.465 e. The van der Waals surface area contributed by atoms with Gasteiger partial charge in [0.1, 0.15) is 11.8 Å². The first-order valence-electron chi connectivity index (χ1n) is 10.1. The van der Waals surface area contributed by atoms with Crippen molar-refractivity contribution < 1.29 is 36.9 Å². The van der Waals surface area contributed by atoms with E-state index in [-0.39, 0.29) is 12.4 Å². The number of carbonyl (C=O) groups excluding carboxylic acids is 1. The summed E-state index contributed by atoms with van der Waals surface area (Å²) in [4.78, 5) is 31.4. The number of hydrogen-bond donors (Lipinski definition) is 2. The minimum absolute atomic E-state index is 0.0858. The topological polar surface area (TPSA) is 197 Å². The molecule has 0 heterocycles. The molecule has 0 aliphatic heterocycles. The van der Waals surface area contributed by atoms with Crippen LogP contribution >= 0.6 is 7.52 Å². The molecule has 2 aromatic carbocycles. The van der Waals surface area contributed by atoms with Crippen molar-refractivity contribution in [2.24, 2.45) is 0 Å². The summed E-state index contributed by atoms with van der Waals surface area (Å²) in [7, 11) is -8.44. The molecule has 2 N–H and O–H groups in total. The Morgan fingerprint density at radius 1 is 1.11 bits per heavy atom. The monoisotopic (exact) mass is 530 g/mol. The predicted molar refractivity (Wildman–Crippen MR) is 124 cm³/mol. The molecule has 0 bridgehead atoms. The number of non-ortho nitro benzene ring substituents is 1. The number of para-hydroxylation sites is 1. The van der Waals surface area contributed by atoms with E-state index in [9.17, 15) is 38.0 Å². The van der Waals surface area contributed by atoms with Gasteiger partial charge in [-0.25, -0.2) is 18.2 Å². The quantitative estimate of drug-likeness (QED) is 0.167. The van der Waals surface area contributed by atoms with Gasteiger partial charge in [0.2, 0.25) is 10.0 Å². The van der Waals surface area contributed by atoms with Crippen LogP contribution in [0.25, 0.3) is 0 Å². The van der Waals surface area contributed by atoms with E-state index >= 15 is 0 Å². The van der Waals surface area contributed by atoms with E-state index in [0.717, 1.165) is 12.1 Å². The van der Waals surface area contributed by atoms with Crippen molar-refractivity contribution in [2.45, 2.75) is 24.8 Å². The van der Waals surface area contributed by atoms with Gasteiger partial charge in [0.15, 0.2) is 4.90 Å². The number of ether oxygens (including phenoxy) is 1. The summed E-state index contributed by atoms with van der Waals surface area (Å²) >= 11 is 0. The Kier molecular flexibility index (Phi) is 9.42. The molecule has 2 aromatic rings. The Bertz CT molecular complexity index is 1240. The minimum atomic E-state index is -4.54. The Morgan fingerprint density at radius 3 is 2.34 bits per heavy atom. The predicted octanol–water partition coefficient (Wildman–Crippen LogP) is 2.59. The van der Waals surface area contributed by atoms with Gasteiger partial charge >= 0.3 is 13.5 Å². The fourth-order valence-electron chi connectivity index (χ4n) is 2.80. The van der Waals surface area contributed by atoms with Crippen molar-refractivity contribution in [3.63, 3.8) is 0 Å². The third kappa shape index (κ3) is 7.82. The van der Waals surface area contributed by atoms with E-state index in [1.807, 2.05) is 0 Å². The fourth-order valence-corrected chi connectivity index (χ4v) is 5.97. The van der Waals surface area contributed by atoms with Crippen LogP contribution in [0.1, 0.15) is 13.8 Å². The number of sulfonamides is 1. The summed E-state index contributed by atoms with van der Waals surface area (Å²) < 4.78 is 51.3. The molecule has 2 atom stereocenters. The van der Waals surface area contributed by atoms with Crippen molar-refractivity contribution in [3.05, 3.63) is 68.8 Å². The molecule has 0 aliphatic carbocycles. The van der Waals surface area contributed by atoms with Gasteiger partial charge in [-0.15, -0.1) is 0 Å². The van der Waals surface area contributed by atoms with Gasteiger partial charge in [-0.05, 0) is 32.0 Å². The second-order valence-corrected chi connectivity index (χ2v) is 10.9. The molecule has 0 amide bonds. The van der Waals surface area contributed by atoms with Crippen LogP contribution in [-0.4, -0.2) is 49.6 Å². The second kappa shape index (κ2) is 11.8. The van der Waals surface area contributed by atoms with Crippen LogP contribution in [0.5, 0.6) is 5.75 Å². The van der Waals surface area contributed by atoms with E-state index in [4.69, 9.17) is 9.26 Å². The molecule has 16 heteroatoms. The lowest BCUT2D eigenvalue weighted by molar-refractivity contribution is -0.396. The number of benzene rings is 2. The third-order valence-electron chi connectivity index (χ3n) is 4.36. The number of hydrogen-bond acceptors (Lipinski definition) is 10. The number of carbonyl (C=O) groups is 1. The maximum atomic E-state index is 13.5. The molecule has 0 radical (unpaired) electrons. The average Bonchev–Trinajstić information content (AvgIpc) is 2.79. The lowest BCUT2D eigenvalue weighted by Crippen LogP contribution is -2.37. The van der Waals surface area contributed by atoms with E-state index in [1.54, 1.807) is 25.1 Å². The number of nitro benzene ring substituents is 2. The first-order chi connectivity index (χ1) is 16.4. The molecule has 0 aromatic heterocycles. The van der Waals surface area contributed by atoms with Crippen LogP contribution in [0, 0.1) is 20.2 Å². The molecule has 0 aliphatic rings. The Labute approximate surface area is 200 Å². The van der Waals surface area contributed by atoms with Crippen molar-refractivity contribution in [1.82, 2.24) is 9.81 Å². The van der Waals surface area contributed by atoms with Crippen LogP contribution in [-0.2, 0) is 24.1 Å². The molecular formula is C19H23N4O10PS. The van der Waals surface area contributed by atoms with Gasteiger partial charge in [0.25, 0.3) is 11.4 Å². The summed E-state index contributed by atoms with van der Waals surface area (Å²) in [6, 6.07) is 8.96. The van der Waals surface area contributed by atoms with Gasteiger partial charge in [-0.2, -0.15) is 0 Å². The number of nitro groups is 2. The van der Waals surface area contributed by atoms with Crippen LogP contribution in [0.15, 0.2) is 53.4 Å². The molecule has 190 valence electrons. The molecular weight excluding hydrogens is 507 g/mol. The van der Waals surface area contributed by atoms with E-state index in [1.165, 1.54) is 19.1 Å². The van der Waals surface area contributed by atoms with Crippen LogP contribution < -0.4 is 14.3 Å². The van der Waals surface area contributed by atoms with Crippen molar-refractivity contribution >= 4 is 34.9 Å². The summed E-state index contributed by atoms with van der Waals surface area (Å²) in [6.07, 6.45) is -0.453. The lowest BCUT2D eigenvalue weighted by Gasteiger charge is -2.23. The standard InChI is InChI=1S/C19H23N4O10PS/c1-3-32-19(24)14(2)21-34(29,33-16-7-5-4-6-8-16)12-11-20-35(30,31)18-10-9-15(22(25)26)13-17(18)23(27)28/h4-10,13-14,20H,3,11-12H2,1-2H3,(H,21,29)/t14-,34?/m0/s1. The summed E-state index contributed by atoms with van der Waals surface area (Å²) in [5.41, 5.74) is -1.65. The van der Waals surface area contributed by atoms with Crippen LogP contribution in [0.4, 0.5) is 11.4 Å². The zero-order valence-electron chi connectivity index (χ0n) is 18.6. The van der Waals surface area contributed by atoms with Crippen LogP contribution in [0.2, 0.25) is 0 Å². The third-order valence-corrected chi connectivity index (χ3v) is 7.97. The maximum Gasteiger partial charge on any atom is 0.323 e. The molecule has 0 fully saturated rings. The van der Waals surface area contributed by atoms with E-state index in [0.29, 0.717) is 6.07 Å². The highest BCUT2D eigenvalue weighted by Crippen LogP contribution is 2.43. The fraction of sp³-hybridized carbons (Fsp3) is 0.316. The zero-order valence-corrected chi connectivity index (χ0v) is 20.4. The highest BCUT2D eigenvalue weighted by Gasteiger charge is 2.32. The normalized spacial score (nSPS) is 13.9. The number of esters is 1. The Balaban J connectivity index is 2.24. The van der Waals surface area contributed by atoms with Crippen molar-refractivity contribution in [2.75, 3.05) is 19.3 Å². The van der Waals surface area contributed by atoms with Gasteiger partial charge in [0.05, 0.1) is 28.7 Å². The molecule has 35 heavy (non-hydrogen) atoms. The Hall–Kier alpha value is -3.39. The SMILES string of the molecule is CCOC(=O)[C@H](C)NP(=O)(CCNS(=O)(=O)c1ccc([N+](=O)[O-])cc1[N+](=O)[O-])Oc1ccccc1. The molecule has 2 rings (SSSR count). The minimum Gasteiger partial charge on any atom is -0.465 e. The summed E-state index contributed by atoms with van der Waals surface area (Å²) in [6.45, 7) is 2.56. The van der Waals surface area contributed by atoms with Gasteiger partial charge in [0, 0.05) is 12.6 Å². The maximum absolute atomic E-state index is 13.5. The molecule has 0 saturated carbocycles. The first kappa shape index (κ1) is 27.9. The second-order valence-electron chi connectivity index (χ2n) is 6.97. The van der Waals surface area contributed by atoms with Gasteiger partial charge in [-0.1, -0.05) is 18.2 Å². The number of nitrogens with zero attached hydrogens (tertiary/aromatic N) is 2. The summed E-state index contributed by atoms with van der Waals surface area (Å²) in [5, 5.41) is 24.7. The van der Waals surface area contributed by atoms with Crippen molar-refractivity contribution in [1.29, 1.82) is 0 Å². The van der Waals surface area contributed by atoms with Crippen LogP contribution in [0.3, 0.4) is 0 Å². The summed E-state index contributed by atoms with van der Waals surface area (Å²) in [5.74, 6) is -0.514.